The Hall–Kier alpha value is -1.40. The van der Waals surface area contributed by atoms with Crippen LogP contribution in [0.4, 0.5) is 0 Å². The summed E-state index contributed by atoms with van der Waals surface area (Å²) in [5.74, 6) is 0.156. The van der Waals surface area contributed by atoms with Gasteiger partial charge in [-0.2, -0.15) is 0 Å². The predicted octanol–water partition coefficient (Wildman–Crippen LogP) is 0.790. The van der Waals surface area contributed by atoms with Crippen molar-refractivity contribution in [2.45, 2.75) is 31.8 Å². The minimum absolute atomic E-state index is 0.0326. The molecule has 6 heteroatoms. The number of carbonyl (C=O) groups excluding carboxylic acids is 1. The molecular weight excluding hydrogens is 260 g/mol. The fraction of sp³-hybridized carbons (Fsp3) is 0.538. The van der Waals surface area contributed by atoms with Crippen LogP contribution in [0.5, 0.6) is 0 Å². The second-order valence-electron chi connectivity index (χ2n) is 5.57. The van der Waals surface area contributed by atoms with Crippen molar-refractivity contribution in [2.75, 3.05) is 6.54 Å². The van der Waals surface area contributed by atoms with Gasteiger partial charge < -0.3 is 16.4 Å². The third kappa shape index (κ3) is 2.64. The highest BCUT2D eigenvalue weighted by atomic mass is 32.1. The second-order valence-corrected chi connectivity index (χ2v) is 6.57. The molecule has 5 nitrogen and oxygen atoms in total. The Balaban J connectivity index is 1.51. The first-order valence-electron chi connectivity index (χ1n) is 6.51. The summed E-state index contributed by atoms with van der Waals surface area (Å²) < 4.78 is 0. The van der Waals surface area contributed by atoms with E-state index < -0.39 is 0 Å². The van der Waals surface area contributed by atoms with Gasteiger partial charge in [-0.1, -0.05) is 0 Å². The van der Waals surface area contributed by atoms with Crippen molar-refractivity contribution >= 4 is 23.1 Å². The van der Waals surface area contributed by atoms with Crippen molar-refractivity contribution < 1.29 is 4.79 Å². The van der Waals surface area contributed by atoms with Gasteiger partial charge in [0, 0.05) is 22.4 Å². The zero-order valence-electron chi connectivity index (χ0n) is 10.7. The van der Waals surface area contributed by atoms with E-state index in [0.29, 0.717) is 12.0 Å². The number of hydrogen-bond acceptors (Lipinski definition) is 4. The van der Waals surface area contributed by atoms with Gasteiger partial charge in [-0.3, -0.25) is 10.2 Å². The van der Waals surface area contributed by atoms with Crippen LogP contribution >= 0.6 is 11.3 Å². The lowest BCUT2D eigenvalue weighted by atomic mass is 10.0. The van der Waals surface area contributed by atoms with E-state index >= 15 is 0 Å². The summed E-state index contributed by atoms with van der Waals surface area (Å²) in [6, 6.07) is 1.83. The topological polar surface area (TPSA) is 91.0 Å². The largest absolute Gasteiger partial charge is 0.384 e. The summed E-state index contributed by atoms with van der Waals surface area (Å²) in [5.41, 5.74) is 6.58. The molecule has 1 saturated heterocycles. The number of amides is 1. The summed E-state index contributed by atoms with van der Waals surface area (Å²) in [6.45, 7) is 1.50. The molecule has 0 aromatic carbocycles. The van der Waals surface area contributed by atoms with Crippen molar-refractivity contribution in [3.8, 4) is 0 Å². The molecule has 1 amide bonds. The van der Waals surface area contributed by atoms with Crippen LogP contribution in [0.15, 0.2) is 11.4 Å². The van der Waals surface area contributed by atoms with E-state index in [1.807, 2.05) is 11.4 Å². The molecule has 0 bridgehead atoms. The summed E-state index contributed by atoms with van der Waals surface area (Å²) in [5, 5.41) is 15.4. The monoisotopic (exact) mass is 278 g/mol. The Morgan fingerprint density at radius 3 is 3.00 bits per heavy atom. The van der Waals surface area contributed by atoms with E-state index in [1.54, 1.807) is 0 Å². The Kier molecular flexibility index (Phi) is 3.06. The summed E-state index contributed by atoms with van der Waals surface area (Å²) in [4.78, 5) is 13.1. The molecule has 0 unspecified atom stereocenters. The first kappa shape index (κ1) is 12.6. The van der Waals surface area contributed by atoms with Crippen LogP contribution in [0, 0.1) is 10.8 Å². The molecule has 1 saturated carbocycles. The fourth-order valence-corrected chi connectivity index (χ4v) is 3.40. The van der Waals surface area contributed by atoms with Crippen molar-refractivity contribution in [1.29, 1.82) is 5.41 Å². The normalized spacial score (nSPS) is 23.5. The number of amidine groups is 1. The second kappa shape index (κ2) is 4.61. The number of hydrogen-bond donors (Lipinski definition) is 4. The predicted molar refractivity (Wildman–Crippen MR) is 75.3 cm³/mol. The lowest BCUT2D eigenvalue weighted by molar-refractivity contribution is -0.123. The lowest BCUT2D eigenvalue weighted by Crippen LogP contribution is -2.39. The maximum atomic E-state index is 12.0. The molecule has 2 aliphatic rings. The van der Waals surface area contributed by atoms with E-state index in [4.69, 9.17) is 11.1 Å². The van der Waals surface area contributed by atoms with E-state index in [2.05, 4.69) is 10.6 Å². The molecule has 1 atom stereocenters. The Morgan fingerprint density at radius 1 is 1.63 bits per heavy atom. The quantitative estimate of drug-likeness (QED) is 0.485. The van der Waals surface area contributed by atoms with Crippen LogP contribution in [0.1, 0.15) is 29.7 Å². The molecule has 19 heavy (non-hydrogen) atoms. The maximum Gasteiger partial charge on any atom is 0.237 e. The lowest BCUT2D eigenvalue weighted by Gasteiger charge is -2.10. The van der Waals surface area contributed by atoms with Crippen LogP contribution in [0.25, 0.3) is 0 Å². The molecule has 2 heterocycles. The molecule has 1 aliphatic carbocycles. The van der Waals surface area contributed by atoms with Gasteiger partial charge in [-0.15, -0.1) is 11.3 Å². The Bertz CT molecular complexity index is 520. The highest BCUT2D eigenvalue weighted by molar-refractivity contribution is 7.10. The number of carbonyl (C=O) groups is 1. The number of nitrogen functional groups attached to an aromatic ring is 1. The summed E-state index contributed by atoms with van der Waals surface area (Å²) >= 11 is 1.52. The minimum atomic E-state index is -0.0326. The molecule has 1 aromatic rings. The molecular formula is C13H18N4OS. The molecule has 5 N–H and O–H groups in total. The number of nitrogens with two attached hydrogens (primary N) is 1. The fourth-order valence-electron chi connectivity index (χ4n) is 2.57. The van der Waals surface area contributed by atoms with Crippen molar-refractivity contribution in [2.24, 2.45) is 11.1 Å². The Morgan fingerprint density at radius 2 is 2.42 bits per heavy atom. The van der Waals surface area contributed by atoms with Crippen LogP contribution in [0.2, 0.25) is 0 Å². The molecule has 102 valence electrons. The first-order valence-corrected chi connectivity index (χ1v) is 7.39. The van der Waals surface area contributed by atoms with Crippen LogP contribution in [-0.4, -0.2) is 24.3 Å². The zero-order chi connectivity index (χ0) is 13.5. The van der Waals surface area contributed by atoms with Gasteiger partial charge in [-0.25, -0.2) is 0 Å². The number of thiophene rings is 1. The number of rotatable bonds is 4. The minimum Gasteiger partial charge on any atom is -0.384 e. The molecule has 1 spiro atoms. The van der Waals surface area contributed by atoms with Crippen LogP contribution < -0.4 is 16.4 Å². The third-order valence-corrected chi connectivity index (χ3v) is 4.97. The Labute approximate surface area is 116 Å². The standard InChI is InChI=1S/C13H18N4OS/c14-11(15)8-3-9(19-6-8)5-16-12(18)10-4-13(1-2-13)7-17-10/h3,6,10,17H,1-2,4-5,7H2,(H3,14,15)(H,16,18)/t10-/m0/s1. The van der Waals surface area contributed by atoms with Gasteiger partial charge in [0.2, 0.25) is 5.91 Å². The van der Waals surface area contributed by atoms with Gasteiger partial charge in [0.05, 0.1) is 12.6 Å². The smallest absolute Gasteiger partial charge is 0.237 e. The number of nitrogens with one attached hydrogen (secondary N) is 3. The molecule has 1 aliphatic heterocycles. The van der Waals surface area contributed by atoms with E-state index in [1.165, 1.54) is 24.2 Å². The van der Waals surface area contributed by atoms with E-state index in [-0.39, 0.29) is 17.8 Å². The van der Waals surface area contributed by atoms with Crippen molar-refractivity contribution in [3.05, 3.63) is 21.9 Å². The molecule has 3 rings (SSSR count). The third-order valence-electron chi connectivity index (χ3n) is 4.04. The maximum absolute atomic E-state index is 12.0. The van der Waals surface area contributed by atoms with Gasteiger partial charge in [0.15, 0.2) is 0 Å². The molecule has 1 aromatic heterocycles. The van der Waals surface area contributed by atoms with Gasteiger partial charge in [-0.05, 0) is 30.7 Å². The highest BCUT2D eigenvalue weighted by Crippen LogP contribution is 2.51. The average molecular weight is 278 g/mol. The zero-order valence-corrected chi connectivity index (χ0v) is 11.5. The van der Waals surface area contributed by atoms with Gasteiger partial charge >= 0.3 is 0 Å². The van der Waals surface area contributed by atoms with Gasteiger partial charge in [0.25, 0.3) is 0 Å². The molecule has 0 radical (unpaired) electrons. The highest BCUT2D eigenvalue weighted by Gasteiger charge is 2.49. The SMILES string of the molecule is N=C(N)c1csc(CNC(=O)[C@@H]2CC3(CC3)CN2)c1. The van der Waals surface area contributed by atoms with Gasteiger partial charge in [0.1, 0.15) is 5.84 Å². The average Bonchev–Trinajstić information content (AvgIpc) is 2.80. The van der Waals surface area contributed by atoms with E-state index in [0.717, 1.165) is 23.4 Å². The van der Waals surface area contributed by atoms with Crippen molar-refractivity contribution in [1.82, 2.24) is 10.6 Å². The van der Waals surface area contributed by atoms with Crippen LogP contribution in [0.3, 0.4) is 0 Å². The van der Waals surface area contributed by atoms with E-state index in [9.17, 15) is 4.79 Å². The molecule has 2 fully saturated rings. The summed E-state index contributed by atoms with van der Waals surface area (Å²) in [7, 11) is 0. The first-order chi connectivity index (χ1) is 9.08. The van der Waals surface area contributed by atoms with Crippen molar-refractivity contribution in [3.63, 3.8) is 0 Å². The van der Waals surface area contributed by atoms with Crippen LogP contribution in [-0.2, 0) is 11.3 Å². The summed E-state index contributed by atoms with van der Waals surface area (Å²) in [6.07, 6.45) is 3.50.